The summed E-state index contributed by atoms with van der Waals surface area (Å²) in [5, 5.41) is 6.39. The van der Waals surface area contributed by atoms with Gasteiger partial charge in [-0.2, -0.15) is 0 Å². The molecule has 118 valence electrons. The van der Waals surface area contributed by atoms with Crippen LogP contribution >= 0.6 is 23.8 Å². The van der Waals surface area contributed by atoms with Crippen molar-refractivity contribution in [1.82, 2.24) is 5.32 Å². The number of carbonyl (C=O) groups excluding carboxylic acids is 1. The fourth-order valence-electron chi connectivity index (χ4n) is 1.84. The number of hydrogen-bond acceptors (Lipinski definition) is 2. The van der Waals surface area contributed by atoms with Crippen LogP contribution in [0.25, 0.3) is 6.08 Å². The van der Waals surface area contributed by atoms with Gasteiger partial charge in [-0.25, -0.2) is 0 Å². The number of thiocarbonyl (C=S) groups is 1. The topological polar surface area (TPSA) is 41.1 Å². The monoisotopic (exact) mass is 344 g/mol. The zero-order valence-electron chi connectivity index (χ0n) is 12.9. The Balaban J connectivity index is 1.90. The molecule has 0 aliphatic carbocycles. The Morgan fingerprint density at radius 1 is 1.13 bits per heavy atom. The molecule has 2 N–H and O–H groups in total. The summed E-state index contributed by atoms with van der Waals surface area (Å²) in [6, 6.07) is 13.4. The van der Waals surface area contributed by atoms with E-state index in [-0.39, 0.29) is 11.0 Å². The van der Waals surface area contributed by atoms with Crippen molar-refractivity contribution in [3.05, 3.63) is 70.3 Å². The summed E-state index contributed by atoms with van der Waals surface area (Å²) in [5.74, 6) is -0.290. The van der Waals surface area contributed by atoms with Crippen LogP contribution in [0.15, 0.2) is 48.5 Å². The van der Waals surface area contributed by atoms with Crippen LogP contribution < -0.4 is 10.6 Å². The predicted octanol–water partition coefficient (Wildman–Crippen LogP) is 4.48. The summed E-state index contributed by atoms with van der Waals surface area (Å²) in [6.07, 6.45) is 3.18. The van der Waals surface area contributed by atoms with E-state index in [4.69, 9.17) is 23.8 Å². The highest BCUT2D eigenvalue weighted by Crippen LogP contribution is 2.19. The molecule has 0 saturated heterocycles. The summed E-state index contributed by atoms with van der Waals surface area (Å²) >= 11 is 11.2. The van der Waals surface area contributed by atoms with Crippen molar-refractivity contribution in [3.63, 3.8) is 0 Å². The predicted molar refractivity (Wildman–Crippen MR) is 101 cm³/mol. The molecule has 0 spiro atoms. The molecule has 0 aliphatic heterocycles. The maximum atomic E-state index is 11.9. The van der Waals surface area contributed by atoms with Crippen molar-refractivity contribution in [1.29, 1.82) is 0 Å². The van der Waals surface area contributed by atoms with E-state index in [0.29, 0.717) is 5.02 Å². The summed E-state index contributed by atoms with van der Waals surface area (Å²) in [5.41, 5.74) is 3.84. The van der Waals surface area contributed by atoms with Crippen molar-refractivity contribution >= 4 is 46.6 Å². The maximum Gasteiger partial charge on any atom is 0.250 e. The number of carbonyl (C=O) groups is 1. The van der Waals surface area contributed by atoms with Crippen LogP contribution in [0.1, 0.15) is 16.7 Å². The lowest BCUT2D eigenvalue weighted by Crippen LogP contribution is -2.32. The highest BCUT2D eigenvalue weighted by molar-refractivity contribution is 7.80. The van der Waals surface area contributed by atoms with Gasteiger partial charge in [0.15, 0.2) is 5.11 Å². The molecule has 0 bridgehead atoms. The second kappa shape index (κ2) is 7.90. The molecule has 3 nitrogen and oxygen atoms in total. The molecule has 2 aromatic carbocycles. The van der Waals surface area contributed by atoms with Gasteiger partial charge in [0.05, 0.1) is 0 Å². The van der Waals surface area contributed by atoms with Gasteiger partial charge in [-0.15, -0.1) is 0 Å². The molecule has 0 aromatic heterocycles. The van der Waals surface area contributed by atoms with Crippen molar-refractivity contribution in [2.24, 2.45) is 0 Å². The SMILES string of the molecule is Cc1ccc(/C=C/C(=O)NC(=S)Nc2ccc(C)c(Cl)c2)cc1. The third kappa shape index (κ3) is 5.51. The summed E-state index contributed by atoms with van der Waals surface area (Å²) in [4.78, 5) is 11.9. The van der Waals surface area contributed by atoms with Crippen LogP contribution in [-0.2, 0) is 4.79 Å². The molecule has 1 amide bonds. The van der Waals surface area contributed by atoms with Gasteiger partial charge in [0.1, 0.15) is 0 Å². The highest BCUT2D eigenvalue weighted by atomic mass is 35.5. The average Bonchev–Trinajstić information content (AvgIpc) is 2.50. The van der Waals surface area contributed by atoms with Gasteiger partial charge in [-0.05, 0) is 55.4 Å². The summed E-state index contributed by atoms with van der Waals surface area (Å²) in [6.45, 7) is 3.93. The maximum absolute atomic E-state index is 11.9. The smallest absolute Gasteiger partial charge is 0.250 e. The van der Waals surface area contributed by atoms with Crippen LogP contribution in [0.5, 0.6) is 0 Å². The van der Waals surface area contributed by atoms with Crippen molar-refractivity contribution < 1.29 is 4.79 Å². The van der Waals surface area contributed by atoms with E-state index in [1.54, 1.807) is 12.1 Å². The Kier molecular flexibility index (Phi) is 5.90. The van der Waals surface area contributed by atoms with Gasteiger partial charge in [0.2, 0.25) is 5.91 Å². The molecule has 0 fully saturated rings. The van der Waals surface area contributed by atoms with Gasteiger partial charge >= 0.3 is 0 Å². The van der Waals surface area contributed by atoms with Crippen molar-refractivity contribution in [3.8, 4) is 0 Å². The van der Waals surface area contributed by atoms with Crippen LogP contribution in [0.4, 0.5) is 5.69 Å². The van der Waals surface area contributed by atoms with E-state index < -0.39 is 0 Å². The fraction of sp³-hybridized carbons (Fsp3) is 0.111. The van der Waals surface area contributed by atoms with Crippen molar-refractivity contribution in [2.75, 3.05) is 5.32 Å². The Bertz CT molecular complexity index is 754. The molecular weight excluding hydrogens is 328 g/mol. The highest BCUT2D eigenvalue weighted by Gasteiger charge is 2.03. The van der Waals surface area contributed by atoms with Crippen LogP contribution in [0.2, 0.25) is 5.02 Å². The fourth-order valence-corrected chi connectivity index (χ4v) is 2.23. The van der Waals surface area contributed by atoms with Gasteiger partial charge in [0, 0.05) is 16.8 Å². The largest absolute Gasteiger partial charge is 0.332 e. The Morgan fingerprint density at radius 3 is 2.48 bits per heavy atom. The number of aryl methyl sites for hydroxylation is 2. The van der Waals surface area contributed by atoms with E-state index in [0.717, 1.165) is 16.8 Å². The average molecular weight is 345 g/mol. The molecule has 0 aliphatic rings. The third-order valence-electron chi connectivity index (χ3n) is 3.17. The first kappa shape index (κ1) is 17.2. The first-order valence-corrected chi connectivity index (χ1v) is 7.85. The Labute approximate surface area is 146 Å². The number of nitrogens with one attached hydrogen (secondary N) is 2. The van der Waals surface area contributed by atoms with E-state index in [9.17, 15) is 4.79 Å². The van der Waals surface area contributed by atoms with Crippen LogP contribution in [-0.4, -0.2) is 11.0 Å². The number of amides is 1. The van der Waals surface area contributed by atoms with Crippen LogP contribution in [0.3, 0.4) is 0 Å². The zero-order chi connectivity index (χ0) is 16.8. The zero-order valence-corrected chi connectivity index (χ0v) is 14.5. The minimum atomic E-state index is -0.290. The molecule has 5 heteroatoms. The Hall–Kier alpha value is -2.17. The Morgan fingerprint density at radius 2 is 1.83 bits per heavy atom. The third-order valence-corrected chi connectivity index (χ3v) is 3.78. The lowest BCUT2D eigenvalue weighted by Gasteiger charge is -2.09. The standard InChI is InChI=1S/C18H17ClN2OS/c1-12-3-6-14(7-4-12)8-10-17(22)21-18(23)20-15-9-5-13(2)16(19)11-15/h3-11H,1-2H3,(H2,20,21,22,23)/b10-8+. The number of hydrogen-bond donors (Lipinski definition) is 2. The molecule has 0 unspecified atom stereocenters. The van der Waals surface area contributed by atoms with Crippen LogP contribution in [0, 0.1) is 13.8 Å². The molecule has 23 heavy (non-hydrogen) atoms. The molecule has 0 radical (unpaired) electrons. The summed E-state index contributed by atoms with van der Waals surface area (Å²) < 4.78 is 0. The molecule has 0 heterocycles. The second-order valence-electron chi connectivity index (χ2n) is 5.15. The summed E-state index contributed by atoms with van der Waals surface area (Å²) in [7, 11) is 0. The lowest BCUT2D eigenvalue weighted by molar-refractivity contribution is -0.115. The quantitative estimate of drug-likeness (QED) is 0.637. The van der Waals surface area contributed by atoms with Gasteiger partial charge in [0.25, 0.3) is 0 Å². The number of rotatable bonds is 3. The van der Waals surface area contributed by atoms with Gasteiger partial charge in [-0.1, -0.05) is 47.5 Å². The minimum absolute atomic E-state index is 0.225. The minimum Gasteiger partial charge on any atom is -0.332 e. The van der Waals surface area contributed by atoms with Gasteiger partial charge in [-0.3, -0.25) is 10.1 Å². The number of benzene rings is 2. The van der Waals surface area contributed by atoms with E-state index in [1.807, 2.05) is 50.2 Å². The molecular formula is C18H17ClN2OS. The van der Waals surface area contributed by atoms with E-state index in [2.05, 4.69) is 10.6 Å². The first-order valence-electron chi connectivity index (χ1n) is 7.07. The van der Waals surface area contributed by atoms with E-state index >= 15 is 0 Å². The molecule has 2 rings (SSSR count). The second-order valence-corrected chi connectivity index (χ2v) is 5.97. The first-order chi connectivity index (χ1) is 10.9. The van der Waals surface area contributed by atoms with E-state index in [1.165, 1.54) is 11.6 Å². The normalized spacial score (nSPS) is 10.6. The molecule has 0 atom stereocenters. The number of halogens is 1. The lowest BCUT2D eigenvalue weighted by atomic mass is 10.1. The van der Waals surface area contributed by atoms with Crippen molar-refractivity contribution in [2.45, 2.75) is 13.8 Å². The van der Waals surface area contributed by atoms with Gasteiger partial charge < -0.3 is 5.32 Å². The number of anilines is 1. The molecule has 2 aromatic rings. The molecule has 0 saturated carbocycles.